The average Bonchev–Trinajstić information content (AvgIpc) is 3.09. The third-order valence-electron chi connectivity index (χ3n) is 2.38. The van der Waals surface area contributed by atoms with Gasteiger partial charge in [0, 0.05) is 0 Å². The van der Waals surface area contributed by atoms with E-state index >= 15 is 0 Å². The summed E-state index contributed by atoms with van der Waals surface area (Å²) in [5.41, 5.74) is -0.634. The van der Waals surface area contributed by atoms with Gasteiger partial charge < -0.3 is 9.47 Å². The third-order valence-corrected chi connectivity index (χ3v) is 2.61. The van der Waals surface area contributed by atoms with Crippen molar-refractivity contribution in [3.63, 3.8) is 0 Å². The van der Waals surface area contributed by atoms with Crippen LogP contribution in [0, 0.1) is 5.92 Å². The van der Waals surface area contributed by atoms with Gasteiger partial charge in [0.25, 0.3) is 0 Å². The fraction of sp³-hybridized carbons (Fsp3) is 0.769. The molecule has 0 aromatic heterocycles. The summed E-state index contributed by atoms with van der Waals surface area (Å²) in [6, 6.07) is 0. The predicted molar refractivity (Wildman–Crippen MR) is 75.6 cm³/mol. The summed E-state index contributed by atoms with van der Waals surface area (Å²) in [4.78, 5) is 23.4. The summed E-state index contributed by atoms with van der Waals surface area (Å²) in [5, 5.41) is 4.55. The minimum absolute atomic E-state index is 0.194. The maximum absolute atomic E-state index is 12.0. The van der Waals surface area contributed by atoms with Crippen LogP contribution in [0.3, 0.4) is 0 Å². The Bertz CT molecular complexity index is 400. The van der Waals surface area contributed by atoms with E-state index in [0.717, 1.165) is 17.9 Å². The molecule has 1 fully saturated rings. The summed E-state index contributed by atoms with van der Waals surface area (Å²) < 4.78 is 9.96. The molecule has 114 valence electrons. The largest absolute Gasteiger partial charge is 0.461 e. The Labute approximate surface area is 124 Å². The van der Waals surface area contributed by atoms with Gasteiger partial charge in [-0.2, -0.15) is 5.01 Å². The molecule has 0 atom stereocenters. The first kappa shape index (κ1) is 16.8. The highest BCUT2D eigenvalue weighted by Gasteiger charge is 2.30. The lowest BCUT2D eigenvalue weighted by Crippen LogP contribution is -2.36. The van der Waals surface area contributed by atoms with E-state index in [1.54, 1.807) is 27.7 Å². The van der Waals surface area contributed by atoms with Gasteiger partial charge in [0.2, 0.25) is 5.17 Å². The first-order valence-corrected chi connectivity index (χ1v) is 7.02. The number of rotatable bonds is 5. The summed E-state index contributed by atoms with van der Waals surface area (Å²) in [6.07, 6.45) is 1.45. The van der Waals surface area contributed by atoms with Crippen molar-refractivity contribution >= 4 is 28.8 Å². The number of carbonyl (C=O) groups is 2. The van der Waals surface area contributed by atoms with E-state index in [4.69, 9.17) is 21.1 Å². The first-order valence-electron chi connectivity index (χ1n) is 6.64. The minimum Gasteiger partial charge on any atom is -0.461 e. The van der Waals surface area contributed by atoms with Crippen LogP contribution in [0.1, 0.15) is 40.5 Å². The Morgan fingerprint density at radius 2 is 1.95 bits per heavy atom. The van der Waals surface area contributed by atoms with Crippen LogP contribution < -0.4 is 0 Å². The van der Waals surface area contributed by atoms with Crippen LogP contribution in [-0.4, -0.2) is 41.0 Å². The molecule has 1 rings (SSSR count). The van der Waals surface area contributed by atoms with Crippen molar-refractivity contribution in [1.29, 1.82) is 0 Å². The maximum Gasteiger partial charge on any atom is 0.430 e. The van der Waals surface area contributed by atoms with Gasteiger partial charge in [-0.25, -0.2) is 9.59 Å². The first-order chi connectivity index (χ1) is 9.23. The second-order valence-corrected chi connectivity index (χ2v) is 5.98. The van der Waals surface area contributed by atoms with Gasteiger partial charge in [-0.1, -0.05) is 11.6 Å². The normalized spacial score (nSPS) is 15.8. The van der Waals surface area contributed by atoms with E-state index in [1.165, 1.54) is 0 Å². The second-order valence-electron chi connectivity index (χ2n) is 5.62. The molecule has 0 aromatic carbocycles. The zero-order valence-corrected chi connectivity index (χ0v) is 13.1. The summed E-state index contributed by atoms with van der Waals surface area (Å²) in [5.74, 6) is -0.364. The Morgan fingerprint density at radius 1 is 1.35 bits per heavy atom. The van der Waals surface area contributed by atoms with Crippen molar-refractivity contribution < 1.29 is 19.1 Å². The number of amides is 1. The van der Waals surface area contributed by atoms with Crippen LogP contribution in [0.15, 0.2) is 5.10 Å². The fourth-order valence-corrected chi connectivity index (χ4v) is 1.50. The highest BCUT2D eigenvalue weighted by molar-refractivity contribution is 6.82. The van der Waals surface area contributed by atoms with Crippen LogP contribution in [0.2, 0.25) is 0 Å². The molecule has 0 heterocycles. The number of esters is 1. The molecule has 0 bridgehead atoms. The number of hydrogen-bond acceptors (Lipinski definition) is 5. The van der Waals surface area contributed by atoms with Crippen LogP contribution in [0.4, 0.5) is 4.79 Å². The van der Waals surface area contributed by atoms with Gasteiger partial charge in [-0.05, 0) is 46.5 Å². The van der Waals surface area contributed by atoms with E-state index in [-0.39, 0.29) is 11.8 Å². The highest BCUT2D eigenvalue weighted by Crippen LogP contribution is 2.30. The zero-order chi connectivity index (χ0) is 15.3. The van der Waals surface area contributed by atoms with Crippen LogP contribution in [-0.2, 0) is 14.3 Å². The SMILES string of the molecule is CCOC(=O)C(Cl)=NN(CC1CC1)C(=O)OC(C)(C)C. The van der Waals surface area contributed by atoms with Crippen molar-refractivity contribution in [2.75, 3.05) is 13.2 Å². The van der Waals surface area contributed by atoms with Crippen LogP contribution in [0.25, 0.3) is 0 Å². The van der Waals surface area contributed by atoms with Gasteiger partial charge in [0.15, 0.2) is 0 Å². The predicted octanol–water partition coefficient (Wildman–Crippen LogP) is 2.75. The topological polar surface area (TPSA) is 68.2 Å². The molecule has 1 saturated carbocycles. The molecule has 0 spiro atoms. The van der Waals surface area contributed by atoms with E-state index in [0.29, 0.717) is 12.5 Å². The fourth-order valence-electron chi connectivity index (χ4n) is 1.35. The molecular formula is C13H21ClN2O4. The molecule has 0 unspecified atom stereocenters. The quantitative estimate of drug-likeness (QED) is 0.445. The van der Waals surface area contributed by atoms with Crippen LogP contribution in [0.5, 0.6) is 0 Å². The van der Waals surface area contributed by atoms with E-state index < -0.39 is 17.7 Å². The van der Waals surface area contributed by atoms with Gasteiger partial charge in [-0.3, -0.25) is 0 Å². The molecule has 0 N–H and O–H groups in total. The minimum atomic E-state index is -0.751. The molecule has 1 amide bonds. The number of hydrazone groups is 1. The standard InChI is InChI=1S/C13H21ClN2O4/c1-5-19-11(17)10(14)15-16(8-9-6-7-9)12(18)20-13(2,3)4/h9H,5-8H2,1-4H3. The molecule has 1 aliphatic carbocycles. The lowest BCUT2D eigenvalue weighted by molar-refractivity contribution is -0.134. The molecule has 0 radical (unpaired) electrons. The number of carbonyl (C=O) groups excluding carboxylic acids is 2. The molecule has 20 heavy (non-hydrogen) atoms. The highest BCUT2D eigenvalue weighted by atomic mass is 35.5. The lowest BCUT2D eigenvalue weighted by Gasteiger charge is -2.24. The molecule has 1 aliphatic rings. The van der Waals surface area contributed by atoms with Crippen molar-refractivity contribution in [2.24, 2.45) is 11.0 Å². The molecule has 6 nitrogen and oxygen atoms in total. The maximum atomic E-state index is 12.0. The summed E-state index contributed by atoms with van der Waals surface area (Å²) in [6.45, 7) is 7.53. The summed E-state index contributed by atoms with van der Waals surface area (Å²) >= 11 is 5.75. The van der Waals surface area contributed by atoms with Crippen LogP contribution >= 0.6 is 11.6 Å². The molecular weight excluding hydrogens is 284 g/mol. The van der Waals surface area contributed by atoms with E-state index in [1.807, 2.05) is 0 Å². The smallest absolute Gasteiger partial charge is 0.430 e. The number of halogens is 1. The van der Waals surface area contributed by atoms with Crippen molar-refractivity contribution in [3.05, 3.63) is 0 Å². The number of hydrogen-bond donors (Lipinski definition) is 0. The third kappa shape index (κ3) is 6.23. The summed E-state index contributed by atoms with van der Waals surface area (Å²) in [7, 11) is 0. The molecule has 0 aromatic rings. The van der Waals surface area contributed by atoms with Gasteiger partial charge in [0.1, 0.15) is 5.60 Å². The monoisotopic (exact) mass is 304 g/mol. The van der Waals surface area contributed by atoms with Gasteiger partial charge >= 0.3 is 12.1 Å². The molecule has 0 aliphatic heterocycles. The van der Waals surface area contributed by atoms with E-state index in [2.05, 4.69) is 5.10 Å². The zero-order valence-electron chi connectivity index (χ0n) is 12.3. The molecule has 0 saturated heterocycles. The average molecular weight is 305 g/mol. The van der Waals surface area contributed by atoms with Gasteiger partial charge in [0.05, 0.1) is 13.2 Å². The Kier molecular flexibility index (Phi) is 5.80. The molecule has 7 heteroatoms. The Hall–Kier alpha value is -1.30. The number of nitrogens with zero attached hydrogens (tertiary/aromatic N) is 2. The lowest BCUT2D eigenvalue weighted by atomic mass is 10.2. The van der Waals surface area contributed by atoms with Crippen molar-refractivity contribution in [3.8, 4) is 0 Å². The number of ether oxygens (including phenoxy) is 2. The second kappa shape index (κ2) is 6.92. The Morgan fingerprint density at radius 3 is 2.40 bits per heavy atom. The van der Waals surface area contributed by atoms with Crippen molar-refractivity contribution in [2.45, 2.75) is 46.1 Å². The van der Waals surface area contributed by atoms with E-state index in [9.17, 15) is 9.59 Å². The van der Waals surface area contributed by atoms with Gasteiger partial charge in [-0.15, -0.1) is 5.10 Å². The Balaban J connectivity index is 2.74. The van der Waals surface area contributed by atoms with Crippen molar-refractivity contribution in [1.82, 2.24) is 5.01 Å².